The zero-order valence-corrected chi connectivity index (χ0v) is 10.2. The maximum absolute atomic E-state index is 10.1. The Labute approximate surface area is 96.0 Å². The van der Waals surface area contributed by atoms with E-state index < -0.39 is 0 Å². The summed E-state index contributed by atoms with van der Waals surface area (Å²) in [5.74, 6) is 0.370. The summed E-state index contributed by atoms with van der Waals surface area (Å²) in [6.45, 7) is 1.57. The summed E-state index contributed by atoms with van der Waals surface area (Å²) in [5.41, 5.74) is 0. The normalized spacial score (nSPS) is 21.0. The fourth-order valence-corrected chi connectivity index (χ4v) is 3.27. The number of hydrogen-bond donors (Lipinski definition) is 1. The molecule has 0 saturated carbocycles. The SMILES string of the molecule is OC(c1cc(Br)cs1)C1CCOCC1. The zero-order chi connectivity index (χ0) is 9.97. The molecule has 78 valence electrons. The first-order valence-corrected chi connectivity index (χ1v) is 6.44. The Morgan fingerprint density at radius 3 is 2.79 bits per heavy atom. The van der Waals surface area contributed by atoms with Gasteiger partial charge in [-0.05, 0) is 40.8 Å². The highest BCUT2D eigenvalue weighted by atomic mass is 79.9. The molecule has 1 aromatic heterocycles. The largest absolute Gasteiger partial charge is 0.387 e. The lowest BCUT2D eigenvalue weighted by molar-refractivity contribution is 0.00852. The van der Waals surface area contributed by atoms with E-state index in [0.717, 1.165) is 35.4 Å². The van der Waals surface area contributed by atoms with Crippen LogP contribution in [0.4, 0.5) is 0 Å². The van der Waals surface area contributed by atoms with Crippen molar-refractivity contribution in [3.05, 3.63) is 20.8 Å². The standard InChI is InChI=1S/C10H13BrO2S/c11-8-5-9(14-6-8)10(12)7-1-3-13-4-2-7/h5-7,10,12H,1-4H2. The minimum absolute atomic E-state index is 0.310. The van der Waals surface area contributed by atoms with Crippen LogP contribution in [0.1, 0.15) is 23.8 Å². The number of ether oxygens (including phenoxy) is 1. The van der Waals surface area contributed by atoms with E-state index in [1.165, 1.54) is 0 Å². The number of aliphatic hydroxyl groups excluding tert-OH is 1. The molecule has 2 heterocycles. The fraction of sp³-hybridized carbons (Fsp3) is 0.600. The second-order valence-corrected chi connectivity index (χ2v) is 5.42. The second kappa shape index (κ2) is 4.75. The van der Waals surface area contributed by atoms with Crippen LogP contribution in [0, 0.1) is 5.92 Å². The van der Waals surface area contributed by atoms with E-state index in [-0.39, 0.29) is 6.10 Å². The molecule has 1 unspecified atom stereocenters. The first-order chi connectivity index (χ1) is 6.77. The maximum Gasteiger partial charge on any atom is 0.0912 e. The highest BCUT2D eigenvalue weighted by Gasteiger charge is 2.24. The molecule has 0 spiro atoms. The van der Waals surface area contributed by atoms with Crippen LogP contribution in [0.15, 0.2) is 15.9 Å². The first kappa shape index (κ1) is 10.6. The van der Waals surface area contributed by atoms with Crippen molar-refractivity contribution in [2.45, 2.75) is 18.9 Å². The van der Waals surface area contributed by atoms with Gasteiger partial charge in [-0.25, -0.2) is 0 Å². The highest BCUT2D eigenvalue weighted by molar-refractivity contribution is 9.10. The number of thiophene rings is 1. The highest BCUT2D eigenvalue weighted by Crippen LogP contribution is 2.34. The van der Waals surface area contributed by atoms with Crippen LogP contribution in [0.2, 0.25) is 0 Å². The number of halogens is 1. The molecule has 1 aromatic rings. The van der Waals surface area contributed by atoms with E-state index >= 15 is 0 Å². The Hall–Kier alpha value is 0.1000. The van der Waals surface area contributed by atoms with Gasteiger partial charge >= 0.3 is 0 Å². The van der Waals surface area contributed by atoms with Gasteiger partial charge in [-0.15, -0.1) is 11.3 Å². The third-order valence-corrected chi connectivity index (χ3v) is 4.36. The van der Waals surface area contributed by atoms with Gasteiger partial charge < -0.3 is 9.84 Å². The van der Waals surface area contributed by atoms with Crippen LogP contribution in [-0.2, 0) is 4.74 Å². The topological polar surface area (TPSA) is 29.5 Å². The molecule has 1 fully saturated rings. The van der Waals surface area contributed by atoms with Crippen molar-refractivity contribution < 1.29 is 9.84 Å². The van der Waals surface area contributed by atoms with Crippen molar-refractivity contribution >= 4 is 27.3 Å². The predicted octanol–water partition coefficient (Wildman–Crippen LogP) is 2.97. The Kier molecular flexibility index (Phi) is 3.60. The molecular weight excluding hydrogens is 264 g/mol. The fourth-order valence-electron chi connectivity index (χ4n) is 1.75. The molecule has 0 bridgehead atoms. The van der Waals surface area contributed by atoms with Crippen LogP contribution < -0.4 is 0 Å². The summed E-state index contributed by atoms with van der Waals surface area (Å²) < 4.78 is 6.33. The van der Waals surface area contributed by atoms with Gasteiger partial charge in [0.2, 0.25) is 0 Å². The van der Waals surface area contributed by atoms with Crippen molar-refractivity contribution in [2.75, 3.05) is 13.2 Å². The van der Waals surface area contributed by atoms with Crippen molar-refractivity contribution in [1.29, 1.82) is 0 Å². The van der Waals surface area contributed by atoms with Crippen LogP contribution in [0.5, 0.6) is 0 Å². The monoisotopic (exact) mass is 276 g/mol. The van der Waals surface area contributed by atoms with Gasteiger partial charge in [-0.1, -0.05) is 0 Å². The van der Waals surface area contributed by atoms with Gasteiger partial charge in [-0.3, -0.25) is 0 Å². The van der Waals surface area contributed by atoms with Crippen LogP contribution in [0.3, 0.4) is 0 Å². The minimum atomic E-state index is -0.310. The average molecular weight is 277 g/mol. The van der Waals surface area contributed by atoms with E-state index in [4.69, 9.17) is 4.74 Å². The number of aliphatic hydroxyl groups is 1. The Morgan fingerprint density at radius 1 is 1.50 bits per heavy atom. The average Bonchev–Trinajstić information content (AvgIpc) is 2.65. The summed E-state index contributed by atoms with van der Waals surface area (Å²) in [6, 6.07) is 2.00. The first-order valence-electron chi connectivity index (χ1n) is 4.77. The molecular formula is C10H13BrO2S. The zero-order valence-electron chi connectivity index (χ0n) is 7.78. The molecule has 0 aliphatic carbocycles. The van der Waals surface area contributed by atoms with Gasteiger partial charge in [0.15, 0.2) is 0 Å². The summed E-state index contributed by atoms with van der Waals surface area (Å²) in [7, 11) is 0. The van der Waals surface area contributed by atoms with Gasteiger partial charge in [0.1, 0.15) is 0 Å². The Bertz CT molecular complexity index is 294. The summed E-state index contributed by atoms with van der Waals surface area (Å²) in [6.07, 6.45) is 1.63. The molecule has 1 aliphatic rings. The molecule has 0 aromatic carbocycles. The third kappa shape index (κ3) is 2.37. The quantitative estimate of drug-likeness (QED) is 0.900. The molecule has 2 rings (SSSR count). The lowest BCUT2D eigenvalue weighted by atomic mass is 9.93. The van der Waals surface area contributed by atoms with Crippen LogP contribution >= 0.6 is 27.3 Å². The van der Waals surface area contributed by atoms with Gasteiger partial charge in [0, 0.05) is 27.9 Å². The van der Waals surface area contributed by atoms with Crippen LogP contribution in [-0.4, -0.2) is 18.3 Å². The summed E-state index contributed by atoms with van der Waals surface area (Å²) >= 11 is 5.01. The lowest BCUT2D eigenvalue weighted by Gasteiger charge is -2.25. The molecule has 1 saturated heterocycles. The molecule has 1 atom stereocenters. The van der Waals surface area contributed by atoms with E-state index in [2.05, 4.69) is 15.9 Å². The number of rotatable bonds is 2. The van der Waals surface area contributed by atoms with Crippen molar-refractivity contribution in [3.63, 3.8) is 0 Å². The second-order valence-electron chi connectivity index (χ2n) is 3.56. The van der Waals surface area contributed by atoms with Gasteiger partial charge in [0.25, 0.3) is 0 Å². The molecule has 0 radical (unpaired) electrons. The lowest BCUT2D eigenvalue weighted by Crippen LogP contribution is -2.21. The van der Waals surface area contributed by atoms with Crippen molar-refractivity contribution in [2.24, 2.45) is 5.92 Å². The maximum atomic E-state index is 10.1. The minimum Gasteiger partial charge on any atom is -0.387 e. The molecule has 2 nitrogen and oxygen atoms in total. The predicted molar refractivity (Wildman–Crippen MR) is 60.5 cm³/mol. The molecule has 0 amide bonds. The van der Waals surface area contributed by atoms with Crippen molar-refractivity contribution in [3.8, 4) is 0 Å². The smallest absolute Gasteiger partial charge is 0.0912 e. The van der Waals surface area contributed by atoms with Gasteiger partial charge in [-0.2, -0.15) is 0 Å². The van der Waals surface area contributed by atoms with E-state index in [9.17, 15) is 5.11 Å². The molecule has 4 heteroatoms. The van der Waals surface area contributed by atoms with E-state index in [1.54, 1.807) is 11.3 Å². The summed E-state index contributed by atoms with van der Waals surface area (Å²) in [5, 5.41) is 12.1. The molecule has 1 aliphatic heterocycles. The molecule has 1 N–H and O–H groups in total. The van der Waals surface area contributed by atoms with Crippen LogP contribution in [0.25, 0.3) is 0 Å². The van der Waals surface area contributed by atoms with Crippen molar-refractivity contribution in [1.82, 2.24) is 0 Å². The third-order valence-electron chi connectivity index (χ3n) is 2.59. The number of hydrogen-bond acceptors (Lipinski definition) is 3. The Balaban J connectivity index is 2.03. The van der Waals surface area contributed by atoms with E-state index in [1.807, 2.05) is 11.4 Å². The Morgan fingerprint density at radius 2 is 2.21 bits per heavy atom. The molecule has 14 heavy (non-hydrogen) atoms. The summed E-state index contributed by atoms with van der Waals surface area (Å²) in [4.78, 5) is 1.06. The van der Waals surface area contributed by atoms with Gasteiger partial charge in [0.05, 0.1) is 6.10 Å². The van der Waals surface area contributed by atoms with E-state index in [0.29, 0.717) is 5.92 Å².